The number of likely N-dealkylation sites (N-methyl/N-ethyl adjacent to an activating group) is 1. The molecule has 1 aromatic heterocycles. The van der Waals surface area contributed by atoms with Crippen molar-refractivity contribution in [3.05, 3.63) is 30.1 Å². The predicted octanol–water partition coefficient (Wildman–Crippen LogP) is 1.97. The van der Waals surface area contributed by atoms with Crippen LogP contribution in [-0.4, -0.2) is 84.2 Å². The van der Waals surface area contributed by atoms with Gasteiger partial charge in [-0.15, -0.1) is 0 Å². The summed E-state index contributed by atoms with van der Waals surface area (Å²) in [7, 11) is 0. The third-order valence-corrected chi connectivity index (χ3v) is 7.97. The van der Waals surface area contributed by atoms with Gasteiger partial charge in [0.15, 0.2) is 0 Å². The highest BCUT2D eigenvalue weighted by Crippen LogP contribution is 2.23. The van der Waals surface area contributed by atoms with Crippen molar-refractivity contribution in [1.82, 2.24) is 31.9 Å². The smallest absolute Gasteiger partial charge is 0.355 e. The first-order valence-electron chi connectivity index (χ1n) is 16.8. The summed E-state index contributed by atoms with van der Waals surface area (Å²) in [4.78, 5) is 65.2. The summed E-state index contributed by atoms with van der Waals surface area (Å²) in [6, 6.07) is -2.29. The summed E-state index contributed by atoms with van der Waals surface area (Å²) in [5.41, 5.74) is 0.133. The number of nitrogens with one attached hydrogen (secondary N) is 6. The van der Waals surface area contributed by atoms with Crippen LogP contribution >= 0.6 is 0 Å². The standard InChI is InChI=1S/C33H54F3N7O6/c1-9-21(7)27(42-29(45)23-12-15-43(49)16-13-23)32(48)40-25(11-14-33(34,35)36)30(46)39-24(17-19(3)4)18-38-22(8)28(44)41-26(20(5)6)31(47)37-10-2/h12-13,15-16,19-22,24-27,38H,9-11,14,17-18H2,1-8H3,(H5-,37,39,40,41,42,44,45,46,47,48,49)/p+1/t21?,22-,24?,25-,26?,27?/m0/s1. The van der Waals surface area contributed by atoms with Crippen LogP contribution in [0.3, 0.4) is 0 Å². The lowest BCUT2D eigenvalue weighted by Gasteiger charge is -2.29. The Kier molecular flexibility index (Phi) is 18.1. The predicted molar refractivity (Wildman–Crippen MR) is 176 cm³/mol. The Hall–Kier alpha value is -3.95. The molecule has 0 radical (unpaired) electrons. The van der Waals surface area contributed by atoms with Gasteiger partial charge in [0.2, 0.25) is 36.0 Å². The van der Waals surface area contributed by atoms with Gasteiger partial charge in [-0.1, -0.05) is 48.0 Å². The molecule has 278 valence electrons. The van der Waals surface area contributed by atoms with E-state index < -0.39 is 78.8 Å². The highest BCUT2D eigenvalue weighted by molar-refractivity contribution is 5.98. The number of rotatable bonds is 20. The average molecular weight is 703 g/mol. The number of carbonyl (C=O) groups is 5. The minimum absolute atomic E-state index is 0.0470. The molecule has 0 aliphatic rings. The molecule has 0 aliphatic heterocycles. The van der Waals surface area contributed by atoms with Gasteiger partial charge in [0.25, 0.3) is 5.91 Å². The molecular weight excluding hydrogens is 647 g/mol. The van der Waals surface area contributed by atoms with E-state index in [0.29, 0.717) is 19.4 Å². The van der Waals surface area contributed by atoms with Gasteiger partial charge in [-0.3, -0.25) is 29.2 Å². The summed E-state index contributed by atoms with van der Waals surface area (Å²) in [5.74, 6) is -3.66. The van der Waals surface area contributed by atoms with Crippen LogP contribution in [0, 0.1) is 17.8 Å². The summed E-state index contributed by atoms with van der Waals surface area (Å²) in [6.45, 7) is 14.7. The van der Waals surface area contributed by atoms with Crippen molar-refractivity contribution in [2.75, 3.05) is 13.1 Å². The van der Waals surface area contributed by atoms with E-state index in [2.05, 4.69) is 31.9 Å². The van der Waals surface area contributed by atoms with Crippen molar-refractivity contribution in [3.63, 3.8) is 0 Å². The van der Waals surface area contributed by atoms with Gasteiger partial charge in [-0.05, 0) is 44.4 Å². The number of halogens is 3. The second-order valence-corrected chi connectivity index (χ2v) is 13.1. The van der Waals surface area contributed by atoms with Crippen molar-refractivity contribution in [3.8, 4) is 0 Å². The summed E-state index contributed by atoms with van der Waals surface area (Å²) in [6.07, 6.45) is -3.43. The Morgan fingerprint density at radius 3 is 1.94 bits per heavy atom. The molecule has 0 saturated carbocycles. The largest absolute Gasteiger partial charge is 0.389 e. The summed E-state index contributed by atoms with van der Waals surface area (Å²) in [5, 5.41) is 25.7. The van der Waals surface area contributed by atoms with Gasteiger partial charge >= 0.3 is 6.18 Å². The molecule has 6 atom stereocenters. The van der Waals surface area contributed by atoms with E-state index >= 15 is 0 Å². The maximum atomic E-state index is 13.5. The van der Waals surface area contributed by atoms with Crippen LogP contribution in [0.15, 0.2) is 24.5 Å². The molecule has 0 aliphatic carbocycles. The zero-order valence-corrected chi connectivity index (χ0v) is 29.7. The molecule has 0 aromatic carbocycles. The first-order chi connectivity index (χ1) is 22.8. The Balaban J connectivity index is 3.13. The number of amides is 5. The number of carbonyl (C=O) groups excluding carboxylic acids is 5. The van der Waals surface area contributed by atoms with Crippen molar-refractivity contribution in [2.45, 2.75) is 117 Å². The second kappa shape index (κ2) is 20.5. The third kappa shape index (κ3) is 15.9. The first-order valence-corrected chi connectivity index (χ1v) is 16.8. The van der Waals surface area contributed by atoms with E-state index in [0.717, 1.165) is 4.73 Å². The van der Waals surface area contributed by atoms with Crippen LogP contribution < -0.4 is 36.6 Å². The quantitative estimate of drug-likeness (QED) is 0.0801. The molecule has 49 heavy (non-hydrogen) atoms. The van der Waals surface area contributed by atoms with Crippen LogP contribution in [0.25, 0.3) is 0 Å². The normalized spacial score (nSPS) is 15.4. The fourth-order valence-electron chi connectivity index (χ4n) is 4.91. The molecule has 1 heterocycles. The van der Waals surface area contributed by atoms with Crippen molar-refractivity contribution < 1.29 is 47.1 Å². The van der Waals surface area contributed by atoms with E-state index in [-0.39, 0.29) is 29.9 Å². The molecular formula is C33H55F3N7O6+. The maximum Gasteiger partial charge on any atom is 0.389 e. The van der Waals surface area contributed by atoms with Crippen molar-refractivity contribution in [1.29, 1.82) is 0 Å². The number of alkyl halides is 3. The number of hydrogen-bond acceptors (Lipinski definition) is 7. The molecule has 13 nitrogen and oxygen atoms in total. The van der Waals surface area contributed by atoms with Crippen LogP contribution in [-0.2, 0) is 19.2 Å². The lowest BCUT2D eigenvalue weighted by Crippen LogP contribution is -2.58. The van der Waals surface area contributed by atoms with Gasteiger partial charge in [-0.25, -0.2) is 0 Å². The summed E-state index contributed by atoms with van der Waals surface area (Å²) < 4.78 is 40.6. The fraction of sp³-hybridized carbons (Fsp3) is 0.697. The molecule has 0 spiro atoms. The van der Waals surface area contributed by atoms with Crippen molar-refractivity contribution >= 4 is 29.5 Å². The first kappa shape index (κ1) is 43.1. The lowest BCUT2D eigenvalue weighted by atomic mass is 9.97. The molecule has 1 rings (SSSR count). The highest BCUT2D eigenvalue weighted by atomic mass is 19.4. The average Bonchev–Trinajstić information content (AvgIpc) is 3.01. The molecule has 7 N–H and O–H groups in total. The Bertz CT molecular complexity index is 1230. The van der Waals surface area contributed by atoms with E-state index in [1.165, 1.54) is 24.5 Å². The second-order valence-electron chi connectivity index (χ2n) is 13.1. The van der Waals surface area contributed by atoms with Crippen molar-refractivity contribution in [2.24, 2.45) is 17.8 Å². The Morgan fingerprint density at radius 2 is 1.43 bits per heavy atom. The highest BCUT2D eigenvalue weighted by Gasteiger charge is 2.35. The van der Waals surface area contributed by atoms with Gasteiger partial charge in [-0.2, -0.15) is 13.2 Å². The zero-order valence-electron chi connectivity index (χ0n) is 29.7. The topological polar surface area (TPSA) is 182 Å². The van der Waals surface area contributed by atoms with Gasteiger partial charge in [0, 0.05) is 42.4 Å². The lowest BCUT2D eigenvalue weighted by molar-refractivity contribution is -0.904. The van der Waals surface area contributed by atoms with Crippen LogP contribution in [0.2, 0.25) is 0 Å². The number of nitrogens with zero attached hydrogens (tertiary/aromatic N) is 1. The molecule has 1 aromatic rings. The maximum absolute atomic E-state index is 13.5. The third-order valence-electron chi connectivity index (χ3n) is 7.97. The minimum Gasteiger partial charge on any atom is -0.355 e. The zero-order chi connectivity index (χ0) is 37.5. The van der Waals surface area contributed by atoms with E-state index in [1.807, 2.05) is 13.8 Å². The number of pyridine rings is 1. The van der Waals surface area contributed by atoms with E-state index in [1.54, 1.807) is 41.5 Å². The number of aromatic nitrogens is 1. The number of hydrogen-bond donors (Lipinski definition) is 7. The molecule has 0 saturated heterocycles. The molecule has 16 heteroatoms. The SMILES string of the molecule is CCNC(=O)C(NC(=O)[C@H](C)NCC(CC(C)C)NC(=O)[C@H](CCC(F)(F)F)NC(=O)C(NC(=O)c1cc[n+](O)cc1)C(C)CC)C(C)C. The minimum atomic E-state index is -4.60. The van der Waals surface area contributed by atoms with Crippen LogP contribution in [0.4, 0.5) is 13.2 Å². The molecule has 0 bridgehead atoms. The van der Waals surface area contributed by atoms with Crippen LogP contribution in [0.5, 0.6) is 0 Å². The van der Waals surface area contributed by atoms with Gasteiger partial charge in [0.05, 0.1) is 11.6 Å². The Labute approximate surface area is 286 Å². The van der Waals surface area contributed by atoms with E-state index in [9.17, 15) is 42.4 Å². The van der Waals surface area contributed by atoms with Gasteiger partial charge < -0.3 is 31.9 Å². The molecule has 0 fully saturated rings. The van der Waals surface area contributed by atoms with Crippen LogP contribution in [0.1, 0.15) is 91.4 Å². The van der Waals surface area contributed by atoms with E-state index in [4.69, 9.17) is 0 Å². The molecule has 5 amide bonds. The fourth-order valence-corrected chi connectivity index (χ4v) is 4.91. The molecule has 4 unspecified atom stereocenters. The Morgan fingerprint density at radius 1 is 0.816 bits per heavy atom. The summed E-state index contributed by atoms with van der Waals surface area (Å²) >= 11 is 0. The van der Waals surface area contributed by atoms with Gasteiger partial charge in [0.1, 0.15) is 18.1 Å². The monoisotopic (exact) mass is 702 g/mol.